The van der Waals surface area contributed by atoms with Crippen molar-refractivity contribution >= 4 is 47.1 Å². The van der Waals surface area contributed by atoms with Gasteiger partial charge in [-0.3, -0.25) is 0 Å². The Bertz CT molecular complexity index is 1160. The standard InChI is InChI=1S/C18H22N5O3PS/c1-10-9-23(7-8-26-10)18-15-14(20-11(2)21-18)16(17(19)22-15)28(24,25)13-6-4-3-5-12(13)27/h3-6,10,22H,7-9,19,27H2,1-2H3. The number of nitrogens with one attached hydrogen (secondary N) is 1. The summed E-state index contributed by atoms with van der Waals surface area (Å²) in [6, 6.07) is 6.76. The van der Waals surface area contributed by atoms with Gasteiger partial charge in [0.15, 0.2) is 5.82 Å². The minimum atomic E-state index is -3.87. The van der Waals surface area contributed by atoms with Gasteiger partial charge < -0.3 is 20.4 Å². The molecule has 3 heterocycles. The summed E-state index contributed by atoms with van der Waals surface area (Å²) in [5.41, 5.74) is 6.99. The fourth-order valence-electron chi connectivity index (χ4n) is 3.50. The fraction of sp³-hybridized carbons (Fsp3) is 0.333. The maximum Gasteiger partial charge on any atom is 0.213 e. The lowest BCUT2D eigenvalue weighted by Crippen LogP contribution is -2.41. The third kappa shape index (κ3) is 3.13. The van der Waals surface area contributed by atoms with Crippen molar-refractivity contribution in [1.82, 2.24) is 15.0 Å². The lowest BCUT2D eigenvalue weighted by atomic mass is 10.3. The first kappa shape index (κ1) is 19.1. The van der Waals surface area contributed by atoms with Crippen LogP contribution in [-0.4, -0.2) is 49.2 Å². The molecular weight excluding hydrogens is 397 g/mol. The highest BCUT2D eigenvalue weighted by Gasteiger charge is 2.31. The zero-order valence-corrected chi connectivity index (χ0v) is 17.6. The van der Waals surface area contributed by atoms with Crippen molar-refractivity contribution in [3.05, 3.63) is 30.1 Å². The number of nitrogens with zero attached hydrogens (tertiary/aromatic N) is 3. The van der Waals surface area contributed by atoms with Crippen molar-refractivity contribution in [2.24, 2.45) is 0 Å². The number of rotatable bonds is 3. The third-order valence-corrected chi connectivity index (χ3v) is 7.35. The summed E-state index contributed by atoms with van der Waals surface area (Å²) >= 11 is 0. The van der Waals surface area contributed by atoms with Gasteiger partial charge in [0, 0.05) is 13.1 Å². The lowest BCUT2D eigenvalue weighted by molar-refractivity contribution is 0.0530. The van der Waals surface area contributed by atoms with Gasteiger partial charge in [-0.1, -0.05) is 18.2 Å². The summed E-state index contributed by atoms with van der Waals surface area (Å²) in [6.45, 7) is 5.63. The fourth-order valence-corrected chi connectivity index (χ4v) is 5.77. The Hall–Kier alpha value is -2.22. The Morgan fingerprint density at radius 2 is 2.07 bits per heavy atom. The number of fused-ring (bicyclic) bond motifs is 1. The van der Waals surface area contributed by atoms with E-state index in [1.807, 2.05) is 6.92 Å². The number of hydrogen-bond donors (Lipinski definition) is 2. The molecule has 1 saturated heterocycles. The monoisotopic (exact) mass is 419 g/mol. The first-order chi connectivity index (χ1) is 13.3. The second-order valence-corrected chi connectivity index (χ2v) is 9.33. The van der Waals surface area contributed by atoms with Gasteiger partial charge in [-0.2, -0.15) is 0 Å². The predicted molar refractivity (Wildman–Crippen MR) is 112 cm³/mol. The van der Waals surface area contributed by atoms with Crippen LogP contribution in [0.4, 0.5) is 11.6 Å². The van der Waals surface area contributed by atoms with Crippen molar-refractivity contribution in [3.63, 3.8) is 0 Å². The number of nitrogen functional groups attached to an aromatic ring is 1. The van der Waals surface area contributed by atoms with Gasteiger partial charge in [0.25, 0.3) is 0 Å². The van der Waals surface area contributed by atoms with Gasteiger partial charge in [-0.25, -0.2) is 18.4 Å². The van der Waals surface area contributed by atoms with Gasteiger partial charge in [-0.05, 0) is 25.2 Å². The molecule has 1 aliphatic heterocycles. The number of sulfone groups is 1. The number of hydrogen-bond acceptors (Lipinski definition) is 7. The molecular formula is C18H22N5O3PS. The van der Waals surface area contributed by atoms with E-state index in [1.165, 1.54) is 0 Å². The molecule has 2 atom stereocenters. The molecule has 0 radical (unpaired) electrons. The number of morpholine rings is 1. The Balaban J connectivity index is 1.94. The van der Waals surface area contributed by atoms with E-state index in [0.29, 0.717) is 47.7 Å². The van der Waals surface area contributed by atoms with E-state index in [4.69, 9.17) is 10.5 Å². The Morgan fingerprint density at radius 1 is 1.32 bits per heavy atom. The van der Waals surface area contributed by atoms with Crippen LogP contribution in [0.2, 0.25) is 0 Å². The summed E-state index contributed by atoms with van der Waals surface area (Å²) in [4.78, 5) is 14.2. The number of H-pyrrole nitrogens is 1. The number of nitrogens with two attached hydrogens (primary N) is 1. The summed E-state index contributed by atoms with van der Waals surface area (Å²) in [6.07, 6.45) is 0.0542. The highest BCUT2D eigenvalue weighted by molar-refractivity contribution is 7.92. The minimum absolute atomic E-state index is 0.00884. The van der Waals surface area contributed by atoms with E-state index in [2.05, 4.69) is 29.1 Å². The topological polar surface area (TPSA) is 114 Å². The van der Waals surface area contributed by atoms with E-state index in [9.17, 15) is 8.42 Å². The van der Waals surface area contributed by atoms with Crippen LogP contribution in [0.15, 0.2) is 34.1 Å². The van der Waals surface area contributed by atoms with Gasteiger partial charge in [-0.15, -0.1) is 9.24 Å². The molecule has 0 amide bonds. The molecule has 4 rings (SSSR count). The number of anilines is 2. The molecule has 28 heavy (non-hydrogen) atoms. The molecule has 1 aliphatic rings. The van der Waals surface area contributed by atoms with Crippen LogP contribution in [-0.2, 0) is 14.6 Å². The van der Waals surface area contributed by atoms with Crippen molar-refractivity contribution in [3.8, 4) is 0 Å². The van der Waals surface area contributed by atoms with E-state index < -0.39 is 9.84 Å². The number of ether oxygens (including phenoxy) is 1. The van der Waals surface area contributed by atoms with E-state index >= 15 is 0 Å². The third-order valence-electron chi connectivity index (χ3n) is 4.74. The maximum absolute atomic E-state index is 13.4. The molecule has 1 aromatic carbocycles. The largest absolute Gasteiger partial charge is 0.384 e. The Morgan fingerprint density at radius 3 is 2.79 bits per heavy atom. The van der Waals surface area contributed by atoms with Gasteiger partial charge in [0.2, 0.25) is 9.84 Å². The molecule has 3 aromatic rings. The second-order valence-electron chi connectivity index (χ2n) is 6.85. The SMILES string of the molecule is Cc1nc(N2CCOC(C)C2)c2[nH]c(N)c(S(=O)(=O)c3ccccc3P)c2n1. The summed E-state index contributed by atoms with van der Waals surface area (Å²) in [5, 5.41) is 0.573. The van der Waals surface area contributed by atoms with E-state index in [1.54, 1.807) is 31.2 Å². The predicted octanol–water partition coefficient (Wildman–Crippen LogP) is 1.41. The molecule has 3 N–H and O–H groups in total. The number of aromatic nitrogens is 3. The molecule has 0 saturated carbocycles. The molecule has 148 valence electrons. The van der Waals surface area contributed by atoms with Crippen LogP contribution in [0.3, 0.4) is 0 Å². The summed E-state index contributed by atoms with van der Waals surface area (Å²) < 4.78 is 32.4. The smallest absolute Gasteiger partial charge is 0.213 e. The summed E-state index contributed by atoms with van der Waals surface area (Å²) in [7, 11) is -1.41. The minimum Gasteiger partial charge on any atom is -0.384 e. The van der Waals surface area contributed by atoms with Crippen LogP contribution in [0.1, 0.15) is 12.7 Å². The van der Waals surface area contributed by atoms with Gasteiger partial charge in [0.1, 0.15) is 27.6 Å². The zero-order valence-electron chi connectivity index (χ0n) is 15.6. The molecule has 8 nitrogen and oxygen atoms in total. The van der Waals surface area contributed by atoms with Crippen LogP contribution in [0.25, 0.3) is 11.0 Å². The Labute approximate surface area is 165 Å². The van der Waals surface area contributed by atoms with Crippen LogP contribution in [0, 0.1) is 6.92 Å². The summed E-state index contributed by atoms with van der Waals surface area (Å²) in [5.74, 6) is 1.19. The molecule has 1 fully saturated rings. The van der Waals surface area contributed by atoms with Crippen molar-refractivity contribution < 1.29 is 13.2 Å². The van der Waals surface area contributed by atoms with Crippen LogP contribution >= 0.6 is 9.24 Å². The van der Waals surface area contributed by atoms with Crippen molar-refractivity contribution in [1.29, 1.82) is 0 Å². The van der Waals surface area contributed by atoms with Gasteiger partial charge in [0.05, 0.1) is 17.6 Å². The zero-order chi connectivity index (χ0) is 20.1. The highest BCUT2D eigenvalue weighted by Crippen LogP contribution is 2.36. The van der Waals surface area contributed by atoms with Crippen LogP contribution in [0.5, 0.6) is 0 Å². The Kier molecular flexibility index (Phi) is 4.77. The highest BCUT2D eigenvalue weighted by atomic mass is 32.2. The number of aromatic amines is 1. The van der Waals surface area contributed by atoms with E-state index in [0.717, 1.165) is 0 Å². The average molecular weight is 419 g/mol. The first-order valence-corrected chi connectivity index (χ1v) is 11.0. The molecule has 2 unspecified atom stereocenters. The van der Waals surface area contributed by atoms with Crippen LogP contribution < -0.4 is 15.9 Å². The molecule has 0 bridgehead atoms. The van der Waals surface area contributed by atoms with Crippen molar-refractivity contribution in [2.75, 3.05) is 30.3 Å². The number of benzene rings is 1. The normalized spacial score (nSPS) is 18.0. The molecule has 10 heteroatoms. The molecule has 2 aromatic heterocycles. The number of aryl methyl sites for hydroxylation is 1. The van der Waals surface area contributed by atoms with Crippen molar-refractivity contribution in [2.45, 2.75) is 29.7 Å². The molecule has 0 spiro atoms. The van der Waals surface area contributed by atoms with E-state index in [-0.39, 0.29) is 21.7 Å². The average Bonchev–Trinajstić information content (AvgIpc) is 2.97. The second kappa shape index (κ2) is 6.99. The lowest BCUT2D eigenvalue weighted by Gasteiger charge is -2.32. The molecule has 0 aliphatic carbocycles. The van der Waals surface area contributed by atoms with Gasteiger partial charge >= 0.3 is 0 Å². The first-order valence-electron chi connectivity index (χ1n) is 8.91. The quantitative estimate of drug-likeness (QED) is 0.617. The maximum atomic E-state index is 13.4.